The zero-order chi connectivity index (χ0) is 19.2. The number of hydrogen-bond donors (Lipinski definition) is 0. The summed E-state index contributed by atoms with van der Waals surface area (Å²) in [5, 5.41) is 0. The summed E-state index contributed by atoms with van der Waals surface area (Å²) >= 11 is 0. The van der Waals surface area contributed by atoms with Crippen LogP contribution in [0.15, 0.2) is 36.2 Å². The molecule has 0 bridgehead atoms. The first-order chi connectivity index (χ1) is 12.3. The van der Waals surface area contributed by atoms with Gasteiger partial charge in [0.25, 0.3) is 0 Å². The topological polar surface area (TPSA) is 0 Å². The fourth-order valence-corrected chi connectivity index (χ4v) is 3.98. The zero-order valence-corrected chi connectivity index (χ0v) is 15.8. The zero-order valence-electron chi connectivity index (χ0n) is 15.8. The maximum atomic E-state index is 13.7. The highest BCUT2D eigenvalue weighted by atomic mass is 19.4. The first kappa shape index (κ1) is 21.0. The smallest absolute Gasteiger partial charge is 0.212 e. The number of allylic oxidation sites excluding steroid dienone is 2. The van der Waals surface area contributed by atoms with E-state index in [1.165, 1.54) is 24.0 Å². The predicted molar refractivity (Wildman–Crippen MR) is 98.8 cm³/mol. The lowest BCUT2D eigenvalue weighted by Gasteiger charge is -2.27. The third kappa shape index (κ3) is 6.77. The lowest BCUT2D eigenvalue weighted by molar-refractivity contribution is -0.0821. The third-order valence-electron chi connectivity index (χ3n) is 5.65. The van der Waals surface area contributed by atoms with Crippen molar-refractivity contribution in [3.63, 3.8) is 0 Å². The van der Waals surface area contributed by atoms with Gasteiger partial charge in [0.2, 0.25) is 0 Å². The second-order valence-corrected chi connectivity index (χ2v) is 7.76. The minimum atomic E-state index is -4.55. The van der Waals surface area contributed by atoms with Crippen molar-refractivity contribution in [2.75, 3.05) is 0 Å². The fraction of sp³-hybridized carbons (Fsp3) is 0.636. The molecule has 0 aromatic heterocycles. The number of alkyl halides is 3. The lowest BCUT2D eigenvalue weighted by Crippen LogP contribution is -2.17. The number of hydrogen-bond acceptors (Lipinski definition) is 0. The lowest BCUT2D eigenvalue weighted by atomic mass is 9.79. The Kier molecular flexibility index (Phi) is 7.72. The monoisotopic (exact) mass is 370 g/mol. The van der Waals surface area contributed by atoms with E-state index in [0.29, 0.717) is 24.7 Å². The Labute approximate surface area is 154 Å². The molecule has 1 saturated carbocycles. The Morgan fingerprint density at radius 1 is 1.12 bits per heavy atom. The molecule has 0 amide bonds. The number of benzene rings is 1. The molecule has 0 aliphatic heterocycles. The van der Waals surface area contributed by atoms with Gasteiger partial charge in [-0.3, -0.25) is 0 Å². The molecule has 0 saturated heterocycles. The number of aryl methyl sites for hydroxylation is 1. The van der Waals surface area contributed by atoms with Gasteiger partial charge >= 0.3 is 6.18 Å². The van der Waals surface area contributed by atoms with E-state index in [-0.39, 0.29) is 6.08 Å². The Balaban J connectivity index is 1.77. The van der Waals surface area contributed by atoms with Gasteiger partial charge in [0, 0.05) is 5.92 Å². The van der Waals surface area contributed by atoms with Crippen LogP contribution in [0, 0.1) is 11.8 Å². The van der Waals surface area contributed by atoms with Crippen molar-refractivity contribution >= 4 is 0 Å². The molecule has 26 heavy (non-hydrogen) atoms. The average molecular weight is 370 g/mol. The first-order valence-electron chi connectivity index (χ1n) is 9.82. The van der Waals surface area contributed by atoms with E-state index in [0.717, 1.165) is 25.7 Å². The quantitative estimate of drug-likeness (QED) is 0.430. The molecule has 4 heteroatoms. The highest BCUT2D eigenvalue weighted by molar-refractivity contribution is 5.25. The van der Waals surface area contributed by atoms with Crippen molar-refractivity contribution in [3.8, 4) is 0 Å². The number of halogens is 4. The van der Waals surface area contributed by atoms with Gasteiger partial charge in [-0.25, -0.2) is 4.39 Å². The van der Waals surface area contributed by atoms with Crippen LogP contribution in [0.25, 0.3) is 0 Å². The van der Waals surface area contributed by atoms with Crippen molar-refractivity contribution in [1.82, 2.24) is 0 Å². The predicted octanol–water partition coefficient (Wildman–Crippen LogP) is 7.74. The molecule has 0 heterocycles. The van der Waals surface area contributed by atoms with Gasteiger partial charge in [-0.1, -0.05) is 44.5 Å². The molecule has 0 spiro atoms. The van der Waals surface area contributed by atoms with Crippen LogP contribution in [-0.4, -0.2) is 6.18 Å². The van der Waals surface area contributed by atoms with Gasteiger partial charge in [0.15, 0.2) is 0 Å². The van der Waals surface area contributed by atoms with Crippen LogP contribution in [0.3, 0.4) is 0 Å². The molecular weight excluding hydrogens is 340 g/mol. The molecule has 1 aromatic carbocycles. The minimum Gasteiger partial charge on any atom is -0.212 e. The molecule has 1 aliphatic rings. The standard InChI is InChI=1S/C22H30F4/c1-3-4-16(2)19-11-7-17(8-12-19)5-6-18-9-13-20(14-10-18)21(23)15-22(24,25)26/h7-8,11-12,15-16,18,20H,3-6,9-10,13-14H2,1-2H3/b21-15-. The van der Waals surface area contributed by atoms with E-state index < -0.39 is 17.9 Å². The van der Waals surface area contributed by atoms with Crippen LogP contribution in [-0.2, 0) is 6.42 Å². The van der Waals surface area contributed by atoms with Gasteiger partial charge in [-0.05, 0) is 67.9 Å². The largest absolute Gasteiger partial charge is 0.412 e. The molecular formula is C22H30F4. The molecule has 1 fully saturated rings. The van der Waals surface area contributed by atoms with Crippen molar-refractivity contribution in [3.05, 3.63) is 47.3 Å². The van der Waals surface area contributed by atoms with Crippen molar-refractivity contribution in [2.24, 2.45) is 11.8 Å². The molecule has 1 aromatic rings. The normalized spacial score (nSPS) is 23.1. The van der Waals surface area contributed by atoms with Crippen LogP contribution in [0.2, 0.25) is 0 Å². The van der Waals surface area contributed by atoms with Gasteiger partial charge in [-0.2, -0.15) is 13.2 Å². The molecule has 0 nitrogen and oxygen atoms in total. The summed E-state index contributed by atoms with van der Waals surface area (Å²) in [4.78, 5) is 0. The molecule has 0 N–H and O–H groups in total. The number of rotatable bonds is 7. The Hall–Kier alpha value is -1.32. The maximum Gasteiger partial charge on any atom is 0.412 e. The Morgan fingerprint density at radius 3 is 2.27 bits per heavy atom. The first-order valence-corrected chi connectivity index (χ1v) is 9.82. The van der Waals surface area contributed by atoms with Crippen molar-refractivity contribution < 1.29 is 17.6 Å². The second-order valence-electron chi connectivity index (χ2n) is 7.76. The molecule has 1 aliphatic carbocycles. The summed E-state index contributed by atoms with van der Waals surface area (Å²) in [5.41, 5.74) is 2.69. The van der Waals surface area contributed by atoms with Crippen LogP contribution in [0.1, 0.15) is 75.8 Å². The molecule has 2 rings (SSSR count). The van der Waals surface area contributed by atoms with Gasteiger partial charge in [-0.15, -0.1) is 0 Å². The fourth-order valence-electron chi connectivity index (χ4n) is 3.98. The summed E-state index contributed by atoms with van der Waals surface area (Å²) < 4.78 is 50.4. The van der Waals surface area contributed by atoms with E-state index in [2.05, 4.69) is 38.1 Å². The van der Waals surface area contributed by atoms with Crippen molar-refractivity contribution in [1.29, 1.82) is 0 Å². The van der Waals surface area contributed by atoms with Crippen LogP contribution in [0.4, 0.5) is 17.6 Å². The summed E-state index contributed by atoms with van der Waals surface area (Å²) in [7, 11) is 0. The Morgan fingerprint density at radius 2 is 1.73 bits per heavy atom. The van der Waals surface area contributed by atoms with E-state index >= 15 is 0 Å². The summed E-state index contributed by atoms with van der Waals surface area (Å²) in [5.74, 6) is -0.465. The molecule has 0 radical (unpaired) electrons. The maximum absolute atomic E-state index is 13.7. The summed E-state index contributed by atoms with van der Waals surface area (Å²) in [6.07, 6.45) is 2.35. The van der Waals surface area contributed by atoms with E-state index in [1.807, 2.05) is 0 Å². The Bertz CT molecular complexity index is 563. The van der Waals surface area contributed by atoms with Crippen LogP contribution in [0.5, 0.6) is 0 Å². The minimum absolute atomic E-state index is 0.168. The molecule has 1 atom stereocenters. The highest BCUT2D eigenvalue weighted by Gasteiger charge is 2.30. The van der Waals surface area contributed by atoms with Crippen LogP contribution >= 0.6 is 0 Å². The molecule has 1 unspecified atom stereocenters. The van der Waals surface area contributed by atoms with Gasteiger partial charge in [0.1, 0.15) is 5.83 Å². The SMILES string of the molecule is CCCC(C)c1ccc(CCC2CCC(/C(F)=C/C(F)(F)F)CC2)cc1. The van der Waals surface area contributed by atoms with E-state index in [4.69, 9.17) is 0 Å². The van der Waals surface area contributed by atoms with Crippen molar-refractivity contribution in [2.45, 2.75) is 77.3 Å². The third-order valence-corrected chi connectivity index (χ3v) is 5.65. The van der Waals surface area contributed by atoms with Gasteiger partial charge < -0.3 is 0 Å². The van der Waals surface area contributed by atoms with E-state index in [9.17, 15) is 17.6 Å². The summed E-state index contributed by atoms with van der Waals surface area (Å²) in [6.45, 7) is 4.45. The van der Waals surface area contributed by atoms with Crippen LogP contribution < -0.4 is 0 Å². The average Bonchev–Trinajstić information content (AvgIpc) is 2.59. The molecule has 146 valence electrons. The highest BCUT2D eigenvalue weighted by Crippen LogP contribution is 2.37. The van der Waals surface area contributed by atoms with E-state index in [1.54, 1.807) is 0 Å². The summed E-state index contributed by atoms with van der Waals surface area (Å²) in [6, 6.07) is 8.81. The second kappa shape index (κ2) is 9.57. The van der Waals surface area contributed by atoms with Gasteiger partial charge in [0.05, 0.1) is 6.08 Å².